The van der Waals surface area contributed by atoms with Gasteiger partial charge in [0.2, 0.25) is 5.95 Å². The summed E-state index contributed by atoms with van der Waals surface area (Å²) in [4.78, 5) is 9.31. The zero-order valence-corrected chi connectivity index (χ0v) is 12.5. The minimum atomic E-state index is 0.609. The van der Waals surface area contributed by atoms with Gasteiger partial charge in [-0.25, -0.2) is 4.98 Å². The van der Waals surface area contributed by atoms with Crippen molar-refractivity contribution in [1.29, 1.82) is 0 Å². The van der Waals surface area contributed by atoms with Gasteiger partial charge in [-0.2, -0.15) is 4.98 Å². The van der Waals surface area contributed by atoms with Gasteiger partial charge in [-0.05, 0) is 56.6 Å². The van der Waals surface area contributed by atoms with Crippen molar-refractivity contribution in [3.05, 3.63) is 24.3 Å². The first kappa shape index (κ1) is 12.9. The summed E-state index contributed by atoms with van der Waals surface area (Å²) in [6, 6.07) is 8.88. The van der Waals surface area contributed by atoms with Crippen LogP contribution in [0.1, 0.15) is 32.6 Å². The zero-order valence-electron chi connectivity index (χ0n) is 12.5. The summed E-state index contributed by atoms with van der Waals surface area (Å²) in [5, 5.41) is 8.12. The quantitative estimate of drug-likeness (QED) is 0.849. The number of anilines is 2. The monoisotopic (exact) mass is 282 g/mol. The number of benzene rings is 1. The van der Waals surface area contributed by atoms with Crippen LogP contribution in [0, 0.1) is 11.8 Å². The molecule has 1 aromatic heterocycles. The van der Waals surface area contributed by atoms with E-state index >= 15 is 0 Å². The van der Waals surface area contributed by atoms with Crippen LogP contribution in [0.3, 0.4) is 0 Å². The molecule has 2 aromatic rings. The van der Waals surface area contributed by atoms with E-state index in [1.807, 2.05) is 6.07 Å². The maximum atomic E-state index is 4.72. The smallest absolute Gasteiger partial charge is 0.225 e. The van der Waals surface area contributed by atoms with Crippen LogP contribution in [0.5, 0.6) is 0 Å². The number of nitrogens with one attached hydrogen (secondary N) is 2. The summed E-state index contributed by atoms with van der Waals surface area (Å²) in [5.41, 5.74) is 1.01. The molecule has 4 rings (SSSR count). The molecule has 4 nitrogen and oxygen atoms in total. The Kier molecular flexibility index (Phi) is 3.17. The second-order valence-electron chi connectivity index (χ2n) is 6.29. The standard InChI is InChI=1S/C17H22N4/c1-2-18-17-19-14-6-4-3-5-13(14)16(21-17)20-15(11-7-8-11)12-9-10-12/h3-6,11-12,15H,2,7-10H2,1H3,(H2,18,19,20,21). The van der Waals surface area contributed by atoms with Crippen LogP contribution in [0.2, 0.25) is 0 Å². The molecular formula is C17H22N4. The highest BCUT2D eigenvalue weighted by molar-refractivity contribution is 5.90. The van der Waals surface area contributed by atoms with Crippen molar-refractivity contribution >= 4 is 22.7 Å². The molecule has 110 valence electrons. The number of hydrogen-bond donors (Lipinski definition) is 2. The molecule has 0 aliphatic heterocycles. The molecule has 1 heterocycles. The number of aromatic nitrogens is 2. The summed E-state index contributed by atoms with van der Waals surface area (Å²) in [7, 11) is 0. The van der Waals surface area contributed by atoms with Crippen LogP contribution < -0.4 is 10.6 Å². The van der Waals surface area contributed by atoms with E-state index < -0.39 is 0 Å². The van der Waals surface area contributed by atoms with Crippen molar-refractivity contribution in [1.82, 2.24) is 9.97 Å². The van der Waals surface area contributed by atoms with Crippen molar-refractivity contribution in [2.45, 2.75) is 38.6 Å². The molecule has 2 fully saturated rings. The largest absolute Gasteiger partial charge is 0.366 e. The lowest BCUT2D eigenvalue weighted by Crippen LogP contribution is -2.25. The van der Waals surface area contributed by atoms with Gasteiger partial charge in [0.15, 0.2) is 0 Å². The zero-order chi connectivity index (χ0) is 14.2. The fraction of sp³-hybridized carbons (Fsp3) is 0.529. The van der Waals surface area contributed by atoms with Crippen LogP contribution >= 0.6 is 0 Å². The molecule has 0 radical (unpaired) electrons. The lowest BCUT2D eigenvalue weighted by Gasteiger charge is -2.20. The van der Waals surface area contributed by atoms with Crippen molar-refractivity contribution < 1.29 is 0 Å². The molecule has 2 aliphatic carbocycles. The summed E-state index contributed by atoms with van der Waals surface area (Å²) in [6.07, 6.45) is 5.49. The third-order valence-corrected chi connectivity index (χ3v) is 4.50. The van der Waals surface area contributed by atoms with E-state index in [1.54, 1.807) is 0 Å². The Morgan fingerprint density at radius 3 is 2.48 bits per heavy atom. The van der Waals surface area contributed by atoms with Gasteiger partial charge in [0.25, 0.3) is 0 Å². The summed E-state index contributed by atoms with van der Waals surface area (Å²) >= 11 is 0. The maximum absolute atomic E-state index is 4.72. The van der Waals surface area contributed by atoms with E-state index in [0.29, 0.717) is 6.04 Å². The first-order valence-corrected chi connectivity index (χ1v) is 8.12. The first-order chi connectivity index (χ1) is 10.3. The highest BCUT2D eigenvalue weighted by atomic mass is 15.2. The Labute approximate surface area is 125 Å². The number of rotatable bonds is 6. The Morgan fingerprint density at radius 1 is 1.10 bits per heavy atom. The van der Waals surface area contributed by atoms with E-state index in [1.165, 1.54) is 25.7 Å². The third kappa shape index (κ3) is 2.67. The molecule has 0 bridgehead atoms. The molecule has 2 N–H and O–H groups in total. The van der Waals surface area contributed by atoms with Gasteiger partial charge in [0, 0.05) is 18.0 Å². The Hall–Kier alpha value is -1.84. The van der Waals surface area contributed by atoms with Crippen molar-refractivity contribution in [2.75, 3.05) is 17.2 Å². The average Bonchev–Trinajstić information content (AvgIpc) is 3.39. The molecule has 0 unspecified atom stereocenters. The number of fused-ring (bicyclic) bond motifs is 1. The van der Waals surface area contributed by atoms with Crippen LogP contribution in [0.25, 0.3) is 10.9 Å². The number of para-hydroxylation sites is 1. The molecule has 0 atom stereocenters. The Balaban J connectivity index is 1.71. The number of nitrogens with zero attached hydrogens (tertiary/aromatic N) is 2. The lowest BCUT2D eigenvalue weighted by atomic mass is 10.1. The molecule has 0 saturated heterocycles. The van der Waals surface area contributed by atoms with E-state index in [9.17, 15) is 0 Å². The summed E-state index contributed by atoms with van der Waals surface area (Å²) < 4.78 is 0. The van der Waals surface area contributed by atoms with Crippen molar-refractivity contribution in [2.24, 2.45) is 11.8 Å². The molecule has 2 saturated carbocycles. The highest BCUT2D eigenvalue weighted by Gasteiger charge is 2.41. The molecule has 21 heavy (non-hydrogen) atoms. The Morgan fingerprint density at radius 2 is 1.81 bits per heavy atom. The minimum Gasteiger partial charge on any atom is -0.366 e. The third-order valence-electron chi connectivity index (χ3n) is 4.50. The number of hydrogen-bond acceptors (Lipinski definition) is 4. The minimum absolute atomic E-state index is 0.609. The molecular weight excluding hydrogens is 260 g/mol. The van der Waals surface area contributed by atoms with Crippen LogP contribution in [-0.2, 0) is 0 Å². The fourth-order valence-corrected chi connectivity index (χ4v) is 3.11. The lowest BCUT2D eigenvalue weighted by molar-refractivity contribution is 0.566. The maximum Gasteiger partial charge on any atom is 0.225 e. The first-order valence-electron chi connectivity index (χ1n) is 8.12. The van der Waals surface area contributed by atoms with Gasteiger partial charge in [-0.3, -0.25) is 0 Å². The summed E-state index contributed by atoms with van der Waals surface area (Å²) in [6.45, 7) is 2.91. The average molecular weight is 282 g/mol. The van der Waals surface area contributed by atoms with E-state index in [2.05, 4.69) is 40.7 Å². The molecule has 2 aliphatic rings. The molecule has 1 aromatic carbocycles. The van der Waals surface area contributed by atoms with Gasteiger partial charge in [0.05, 0.1) is 5.52 Å². The molecule has 0 spiro atoms. The Bertz CT molecular complexity index is 634. The van der Waals surface area contributed by atoms with Crippen LogP contribution in [0.15, 0.2) is 24.3 Å². The van der Waals surface area contributed by atoms with Gasteiger partial charge in [0.1, 0.15) is 5.82 Å². The van der Waals surface area contributed by atoms with Crippen molar-refractivity contribution in [3.8, 4) is 0 Å². The van der Waals surface area contributed by atoms with E-state index in [0.717, 1.165) is 41.0 Å². The van der Waals surface area contributed by atoms with Crippen LogP contribution in [-0.4, -0.2) is 22.6 Å². The molecule has 0 amide bonds. The second kappa shape index (κ2) is 5.17. The highest BCUT2D eigenvalue weighted by Crippen LogP contribution is 2.46. The molecule has 4 heteroatoms. The fourth-order valence-electron chi connectivity index (χ4n) is 3.11. The van der Waals surface area contributed by atoms with Gasteiger partial charge < -0.3 is 10.6 Å². The van der Waals surface area contributed by atoms with E-state index in [4.69, 9.17) is 4.98 Å². The van der Waals surface area contributed by atoms with E-state index in [-0.39, 0.29) is 0 Å². The van der Waals surface area contributed by atoms with Gasteiger partial charge in [-0.1, -0.05) is 12.1 Å². The normalized spacial score (nSPS) is 18.2. The van der Waals surface area contributed by atoms with Gasteiger partial charge in [-0.15, -0.1) is 0 Å². The van der Waals surface area contributed by atoms with Crippen molar-refractivity contribution in [3.63, 3.8) is 0 Å². The summed E-state index contributed by atoms with van der Waals surface area (Å²) in [5.74, 6) is 3.44. The topological polar surface area (TPSA) is 49.8 Å². The van der Waals surface area contributed by atoms with Gasteiger partial charge >= 0.3 is 0 Å². The predicted molar refractivity (Wildman–Crippen MR) is 86.6 cm³/mol. The predicted octanol–water partition coefficient (Wildman–Crippen LogP) is 3.66. The SMILES string of the molecule is CCNc1nc(NC(C2CC2)C2CC2)c2ccccc2n1. The second-order valence-corrected chi connectivity index (χ2v) is 6.29. The van der Waals surface area contributed by atoms with Crippen LogP contribution in [0.4, 0.5) is 11.8 Å².